The van der Waals surface area contributed by atoms with Gasteiger partial charge in [-0.2, -0.15) is 0 Å². The van der Waals surface area contributed by atoms with E-state index in [9.17, 15) is 9.59 Å². The number of amides is 2. The Labute approximate surface area is 118 Å². The van der Waals surface area contributed by atoms with Crippen molar-refractivity contribution >= 4 is 17.5 Å². The predicted octanol–water partition coefficient (Wildman–Crippen LogP) is 2.33. The maximum atomic E-state index is 12.3. The molecule has 2 N–H and O–H groups in total. The summed E-state index contributed by atoms with van der Waals surface area (Å²) < 4.78 is 5.22. The van der Waals surface area contributed by atoms with Crippen molar-refractivity contribution in [2.24, 2.45) is 0 Å². The second kappa shape index (κ2) is 6.41. The molecule has 2 rings (SSSR count). The number of benzene rings is 1. The minimum atomic E-state index is -0.169. The van der Waals surface area contributed by atoms with E-state index >= 15 is 0 Å². The van der Waals surface area contributed by atoms with Crippen LogP contribution < -0.4 is 15.4 Å². The SMILES string of the molecule is COc1ccc(NC(C)=O)cc1C(=O)NC1CCCC1. The van der Waals surface area contributed by atoms with Gasteiger partial charge in [-0.3, -0.25) is 9.59 Å². The van der Waals surface area contributed by atoms with Crippen molar-refractivity contribution in [2.45, 2.75) is 38.6 Å². The molecule has 1 fully saturated rings. The van der Waals surface area contributed by atoms with Crippen molar-refractivity contribution in [3.8, 4) is 5.75 Å². The molecule has 1 aliphatic carbocycles. The third kappa shape index (κ3) is 3.50. The molecule has 0 radical (unpaired) electrons. The van der Waals surface area contributed by atoms with Crippen LogP contribution in [0, 0.1) is 0 Å². The summed E-state index contributed by atoms with van der Waals surface area (Å²) in [5, 5.41) is 5.69. The number of hydrogen-bond acceptors (Lipinski definition) is 3. The molecule has 108 valence electrons. The van der Waals surface area contributed by atoms with Crippen LogP contribution in [0.15, 0.2) is 18.2 Å². The normalized spacial score (nSPS) is 14.9. The summed E-state index contributed by atoms with van der Waals surface area (Å²) in [7, 11) is 1.53. The standard InChI is InChI=1S/C15H20N2O3/c1-10(18)16-12-7-8-14(20-2)13(9-12)15(19)17-11-5-3-4-6-11/h7-9,11H,3-6H2,1-2H3,(H,16,18)(H,17,19). The molecule has 1 aromatic rings. The van der Waals surface area contributed by atoms with Crippen LogP contribution in [0.4, 0.5) is 5.69 Å². The lowest BCUT2D eigenvalue weighted by Crippen LogP contribution is -2.32. The average molecular weight is 276 g/mol. The minimum Gasteiger partial charge on any atom is -0.496 e. The van der Waals surface area contributed by atoms with E-state index in [1.807, 2.05) is 0 Å². The molecule has 1 aromatic carbocycles. The second-order valence-corrected chi connectivity index (χ2v) is 5.05. The molecule has 0 aromatic heterocycles. The fourth-order valence-corrected chi connectivity index (χ4v) is 2.50. The van der Waals surface area contributed by atoms with Gasteiger partial charge in [-0.15, -0.1) is 0 Å². The lowest BCUT2D eigenvalue weighted by atomic mass is 10.1. The van der Waals surface area contributed by atoms with Gasteiger partial charge in [-0.25, -0.2) is 0 Å². The van der Waals surface area contributed by atoms with Crippen LogP contribution in [-0.4, -0.2) is 25.0 Å². The summed E-state index contributed by atoms with van der Waals surface area (Å²) in [6, 6.07) is 5.29. The van der Waals surface area contributed by atoms with Crippen molar-refractivity contribution in [3.63, 3.8) is 0 Å². The molecule has 1 aliphatic rings. The molecule has 20 heavy (non-hydrogen) atoms. The highest BCUT2D eigenvalue weighted by atomic mass is 16.5. The third-order valence-electron chi connectivity index (χ3n) is 3.45. The zero-order chi connectivity index (χ0) is 14.5. The van der Waals surface area contributed by atoms with Gasteiger partial charge < -0.3 is 15.4 Å². The first kappa shape index (κ1) is 14.4. The molecular formula is C15H20N2O3. The lowest BCUT2D eigenvalue weighted by Gasteiger charge is -2.15. The first-order valence-electron chi connectivity index (χ1n) is 6.86. The zero-order valence-corrected chi connectivity index (χ0v) is 11.9. The molecule has 2 amide bonds. The maximum absolute atomic E-state index is 12.3. The molecule has 1 saturated carbocycles. The highest BCUT2D eigenvalue weighted by Crippen LogP contribution is 2.24. The van der Waals surface area contributed by atoms with Gasteiger partial charge in [0.15, 0.2) is 0 Å². The smallest absolute Gasteiger partial charge is 0.255 e. The number of nitrogens with one attached hydrogen (secondary N) is 2. The molecule has 0 heterocycles. The fraction of sp³-hybridized carbons (Fsp3) is 0.467. The van der Waals surface area contributed by atoms with Crippen molar-refractivity contribution in [1.82, 2.24) is 5.32 Å². The number of rotatable bonds is 4. The van der Waals surface area contributed by atoms with Crippen LogP contribution in [0.25, 0.3) is 0 Å². The van der Waals surface area contributed by atoms with Gasteiger partial charge in [0.25, 0.3) is 5.91 Å². The number of anilines is 1. The molecule has 0 saturated heterocycles. The van der Waals surface area contributed by atoms with Crippen molar-refractivity contribution in [1.29, 1.82) is 0 Å². The molecular weight excluding hydrogens is 256 g/mol. The summed E-state index contributed by atoms with van der Waals surface area (Å²) in [4.78, 5) is 23.4. The minimum absolute atomic E-state index is 0.152. The largest absolute Gasteiger partial charge is 0.496 e. The number of methoxy groups -OCH3 is 1. The number of carbonyl (C=O) groups is 2. The van der Waals surface area contributed by atoms with Crippen molar-refractivity contribution in [3.05, 3.63) is 23.8 Å². The Balaban J connectivity index is 2.17. The molecule has 5 heteroatoms. The molecule has 5 nitrogen and oxygen atoms in total. The summed E-state index contributed by atoms with van der Waals surface area (Å²) in [5.74, 6) is 0.188. The van der Waals surface area contributed by atoms with E-state index in [2.05, 4.69) is 10.6 Å². The topological polar surface area (TPSA) is 67.4 Å². The Hall–Kier alpha value is -2.04. The number of hydrogen-bond donors (Lipinski definition) is 2. The Morgan fingerprint density at radius 2 is 1.95 bits per heavy atom. The average Bonchev–Trinajstić information content (AvgIpc) is 2.90. The van der Waals surface area contributed by atoms with Gasteiger partial charge in [-0.05, 0) is 31.0 Å². The Bertz CT molecular complexity index is 508. The molecule has 0 unspecified atom stereocenters. The third-order valence-corrected chi connectivity index (χ3v) is 3.45. The maximum Gasteiger partial charge on any atom is 0.255 e. The first-order valence-corrected chi connectivity index (χ1v) is 6.86. The van der Waals surface area contributed by atoms with Crippen LogP contribution in [-0.2, 0) is 4.79 Å². The van der Waals surface area contributed by atoms with E-state index in [0.29, 0.717) is 17.0 Å². The van der Waals surface area contributed by atoms with Crippen LogP contribution in [0.1, 0.15) is 43.0 Å². The summed E-state index contributed by atoms with van der Waals surface area (Å²) in [5.41, 5.74) is 1.04. The molecule has 0 spiro atoms. The van der Waals surface area contributed by atoms with Gasteiger partial charge in [0.2, 0.25) is 5.91 Å². The summed E-state index contributed by atoms with van der Waals surface area (Å²) in [6.07, 6.45) is 4.38. The predicted molar refractivity (Wildman–Crippen MR) is 77.0 cm³/mol. The highest BCUT2D eigenvalue weighted by Gasteiger charge is 2.20. The van der Waals surface area contributed by atoms with Crippen LogP contribution in [0.5, 0.6) is 5.75 Å². The van der Waals surface area contributed by atoms with E-state index in [4.69, 9.17) is 4.74 Å². The molecule has 0 aliphatic heterocycles. The van der Waals surface area contributed by atoms with Crippen molar-refractivity contribution < 1.29 is 14.3 Å². The van der Waals surface area contributed by atoms with E-state index in [1.165, 1.54) is 14.0 Å². The van der Waals surface area contributed by atoms with Gasteiger partial charge in [-0.1, -0.05) is 12.8 Å². The van der Waals surface area contributed by atoms with Crippen molar-refractivity contribution in [2.75, 3.05) is 12.4 Å². The summed E-state index contributed by atoms with van der Waals surface area (Å²) >= 11 is 0. The van der Waals surface area contributed by atoms with Gasteiger partial charge in [0.05, 0.1) is 12.7 Å². The van der Waals surface area contributed by atoms with E-state index < -0.39 is 0 Å². The number of ether oxygens (including phenoxy) is 1. The van der Waals surface area contributed by atoms with Gasteiger partial charge >= 0.3 is 0 Å². The Morgan fingerprint density at radius 1 is 1.25 bits per heavy atom. The van der Waals surface area contributed by atoms with E-state index in [1.54, 1.807) is 18.2 Å². The monoisotopic (exact) mass is 276 g/mol. The van der Waals surface area contributed by atoms with Crippen LogP contribution in [0.2, 0.25) is 0 Å². The van der Waals surface area contributed by atoms with E-state index in [0.717, 1.165) is 25.7 Å². The fourth-order valence-electron chi connectivity index (χ4n) is 2.50. The van der Waals surface area contributed by atoms with Gasteiger partial charge in [0.1, 0.15) is 5.75 Å². The van der Waals surface area contributed by atoms with Crippen LogP contribution in [0.3, 0.4) is 0 Å². The first-order chi connectivity index (χ1) is 9.60. The quantitative estimate of drug-likeness (QED) is 0.887. The van der Waals surface area contributed by atoms with E-state index in [-0.39, 0.29) is 17.9 Å². The number of carbonyl (C=O) groups excluding carboxylic acids is 2. The van der Waals surface area contributed by atoms with Gasteiger partial charge in [0, 0.05) is 18.7 Å². The lowest BCUT2D eigenvalue weighted by molar-refractivity contribution is -0.114. The Morgan fingerprint density at radius 3 is 2.55 bits per heavy atom. The Kier molecular flexibility index (Phi) is 4.61. The second-order valence-electron chi connectivity index (χ2n) is 5.05. The summed E-state index contributed by atoms with van der Waals surface area (Å²) in [6.45, 7) is 1.43. The zero-order valence-electron chi connectivity index (χ0n) is 11.9. The molecule has 0 bridgehead atoms. The van der Waals surface area contributed by atoms with Crippen LogP contribution >= 0.6 is 0 Å². The highest BCUT2D eigenvalue weighted by molar-refractivity contribution is 5.99. The molecule has 0 atom stereocenters.